The minimum atomic E-state index is -0.621. The Morgan fingerprint density at radius 2 is 2.15 bits per heavy atom. The van der Waals surface area contributed by atoms with Crippen LogP contribution in [0.5, 0.6) is 5.75 Å². The molecule has 2 aromatic rings. The summed E-state index contributed by atoms with van der Waals surface area (Å²) in [5.41, 5.74) is 0.275. The summed E-state index contributed by atoms with van der Waals surface area (Å²) in [6.07, 6.45) is 4.66. The van der Waals surface area contributed by atoms with Crippen molar-refractivity contribution in [1.82, 2.24) is 4.90 Å². The number of likely N-dealkylation sites (tertiary alicyclic amines) is 1. The second-order valence-electron chi connectivity index (χ2n) is 7.99. The molecule has 4 rings (SSSR count). The molecule has 2 fully saturated rings. The SMILES string of the molecule is Cc1c(O)ccc2c(CC(=O)N3CC[C@@]4(O)CCCC[C@H]4C3)cc(=O)oc12. The molecule has 1 saturated heterocycles. The molecule has 1 aliphatic heterocycles. The molecule has 0 spiro atoms. The maximum absolute atomic E-state index is 12.9. The first kappa shape index (κ1) is 18.0. The monoisotopic (exact) mass is 371 g/mol. The fourth-order valence-electron chi connectivity index (χ4n) is 4.63. The number of piperidine rings is 1. The largest absolute Gasteiger partial charge is 0.508 e. The van der Waals surface area contributed by atoms with Crippen molar-refractivity contribution in [2.75, 3.05) is 13.1 Å². The van der Waals surface area contributed by atoms with Gasteiger partial charge in [-0.2, -0.15) is 0 Å². The maximum Gasteiger partial charge on any atom is 0.336 e. The molecule has 1 aromatic carbocycles. The number of rotatable bonds is 2. The average Bonchev–Trinajstić information content (AvgIpc) is 2.64. The van der Waals surface area contributed by atoms with Crippen LogP contribution >= 0.6 is 0 Å². The van der Waals surface area contributed by atoms with Crippen molar-refractivity contribution in [3.63, 3.8) is 0 Å². The highest BCUT2D eigenvalue weighted by Gasteiger charge is 2.43. The molecule has 1 aliphatic carbocycles. The summed E-state index contributed by atoms with van der Waals surface area (Å²) in [4.78, 5) is 26.7. The van der Waals surface area contributed by atoms with Gasteiger partial charge < -0.3 is 19.5 Å². The molecule has 0 unspecified atom stereocenters. The van der Waals surface area contributed by atoms with E-state index in [4.69, 9.17) is 4.42 Å². The molecule has 2 aliphatic rings. The van der Waals surface area contributed by atoms with Crippen LogP contribution < -0.4 is 5.63 Å². The quantitative estimate of drug-likeness (QED) is 0.792. The Balaban J connectivity index is 1.58. The maximum atomic E-state index is 12.9. The Morgan fingerprint density at radius 3 is 2.96 bits per heavy atom. The third-order valence-corrected chi connectivity index (χ3v) is 6.34. The van der Waals surface area contributed by atoms with Gasteiger partial charge in [-0.1, -0.05) is 12.8 Å². The van der Waals surface area contributed by atoms with Crippen LogP contribution in [0.3, 0.4) is 0 Å². The van der Waals surface area contributed by atoms with E-state index in [1.54, 1.807) is 19.1 Å². The van der Waals surface area contributed by atoms with E-state index in [9.17, 15) is 19.8 Å². The van der Waals surface area contributed by atoms with E-state index in [2.05, 4.69) is 0 Å². The fourth-order valence-corrected chi connectivity index (χ4v) is 4.63. The zero-order chi connectivity index (χ0) is 19.2. The van der Waals surface area contributed by atoms with Crippen LogP contribution in [0.2, 0.25) is 0 Å². The molecular weight excluding hydrogens is 346 g/mol. The lowest BCUT2D eigenvalue weighted by Crippen LogP contribution is -2.54. The molecule has 144 valence electrons. The van der Waals surface area contributed by atoms with Crippen LogP contribution in [0.4, 0.5) is 0 Å². The number of carbonyl (C=O) groups excluding carboxylic acids is 1. The number of fused-ring (bicyclic) bond motifs is 2. The highest BCUT2D eigenvalue weighted by molar-refractivity contribution is 5.89. The minimum Gasteiger partial charge on any atom is -0.508 e. The molecule has 1 amide bonds. The van der Waals surface area contributed by atoms with Gasteiger partial charge in [-0.15, -0.1) is 0 Å². The van der Waals surface area contributed by atoms with Gasteiger partial charge in [-0.25, -0.2) is 4.79 Å². The Bertz CT molecular complexity index is 949. The molecule has 0 bridgehead atoms. The molecule has 2 atom stereocenters. The van der Waals surface area contributed by atoms with Gasteiger partial charge in [-0.05, 0) is 43.9 Å². The highest BCUT2D eigenvalue weighted by atomic mass is 16.4. The van der Waals surface area contributed by atoms with Crippen molar-refractivity contribution in [2.24, 2.45) is 5.92 Å². The summed E-state index contributed by atoms with van der Waals surface area (Å²) in [7, 11) is 0. The van der Waals surface area contributed by atoms with Gasteiger partial charge in [0.15, 0.2) is 0 Å². The van der Waals surface area contributed by atoms with Crippen molar-refractivity contribution in [1.29, 1.82) is 0 Å². The van der Waals surface area contributed by atoms with Crippen molar-refractivity contribution in [3.05, 3.63) is 39.7 Å². The number of aryl methyl sites for hydroxylation is 1. The highest BCUT2D eigenvalue weighted by Crippen LogP contribution is 2.40. The van der Waals surface area contributed by atoms with Crippen molar-refractivity contribution in [2.45, 2.75) is 51.0 Å². The number of phenols is 1. The number of carbonyl (C=O) groups is 1. The predicted octanol–water partition coefficient (Wildman–Crippen LogP) is 2.50. The van der Waals surface area contributed by atoms with Gasteiger partial charge >= 0.3 is 5.63 Å². The van der Waals surface area contributed by atoms with Gasteiger partial charge in [0.25, 0.3) is 0 Å². The summed E-state index contributed by atoms with van der Waals surface area (Å²) in [6, 6.07) is 4.59. The first-order chi connectivity index (χ1) is 12.9. The van der Waals surface area contributed by atoms with E-state index in [1.807, 2.05) is 4.90 Å². The number of benzene rings is 1. The van der Waals surface area contributed by atoms with Crippen molar-refractivity contribution in [3.8, 4) is 5.75 Å². The topological polar surface area (TPSA) is 91.0 Å². The first-order valence-electron chi connectivity index (χ1n) is 9.63. The van der Waals surface area contributed by atoms with Crippen molar-refractivity contribution < 1.29 is 19.4 Å². The fraction of sp³-hybridized carbons (Fsp3) is 0.524. The molecule has 27 heavy (non-hydrogen) atoms. The summed E-state index contributed by atoms with van der Waals surface area (Å²) in [5.74, 6) is 0.155. The minimum absolute atomic E-state index is 0.0414. The van der Waals surface area contributed by atoms with E-state index >= 15 is 0 Å². The molecule has 2 heterocycles. The Morgan fingerprint density at radius 1 is 1.33 bits per heavy atom. The Labute approximate surface area is 157 Å². The number of aromatic hydroxyl groups is 1. The van der Waals surface area contributed by atoms with Gasteiger partial charge in [0.2, 0.25) is 5.91 Å². The summed E-state index contributed by atoms with van der Waals surface area (Å²) < 4.78 is 5.25. The van der Waals surface area contributed by atoms with E-state index < -0.39 is 11.2 Å². The lowest BCUT2D eigenvalue weighted by molar-refractivity contribution is -0.142. The summed E-state index contributed by atoms with van der Waals surface area (Å²) >= 11 is 0. The van der Waals surface area contributed by atoms with E-state index in [1.165, 1.54) is 6.07 Å². The zero-order valence-electron chi connectivity index (χ0n) is 15.5. The Hall–Kier alpha value is -2.34. The number of phenolic OH excluding ortho intramolecular Hbond substituents is 1. The predicted molar refractivity (Wildman–Crippen MR) is 101 cm³/mol. The van der Waals surface area contributed by atoms with Gasteiger partial charge in [0, 0.05) is 36.0 Å². The normalized spacial score (nSPS) is 25.4. The number of amides is 1. The van der Waals surface area contributed by atoms with E-state index in [-0.39, 0.29) is 24.0 Å². The number of hydrogen-bond donors (Lipinski definition) is 2. The third-order valence-electron chi connectivity index (χ3n) is 6.34. The third kappa shape index (κ3) is 3.23. The molecule has 0 radical (unpaired) electrons. The van der Waals surface area contributed by atoms with Crippen LogP contribution in [-0.4, -0.2) is 39.7 Å². The second-order valence-corrected chi connectivity index (χ2v) is 7.99. The second kappa shape index (κ2) is 6.68. The average molecular weight is 371 g/mol. The van der Waals surface area contributed by atoms with Crippen LogP contribution in [0.1, 0.15) is 43.2 Å². The summed E-state index contributed by atoms with van der Waals surface area (Å²) in [6.45, 7) is 2.81. The molecule has 6 heteroatoms. The first-order valence-corrected chi connectivity index (χ1v) is 9.63. The number of aliphatic hydroxyl groups is 1. The van der Waals surface area contributed by atoms with Crippen LogP contribution in [0, 0.1) is 12.8 Å². The van der Waals surface area contributed by atoms with Crippen LogP contribution in [0.25, 0.3) is 11.0 Å². The number of hydrogen-bond acceptors (Lipinski definition) is 5. The van der Waals surface area contributed by atoms with Gasteiger partial charge in [-0.3, -0.25) is 4.79 Å². The van der Waals surface area contributed by atoms with E-state index in [0.29, 0.717) is 41.6 Å². The zero-order valence-corrected chi connectivity index (χ0v) is 15.5. The van der Waals surface area contributed by atoms with Crippen LogP contribution in [0.15, 0.2) is 27.4 Å². The van der Waals surface area contributed by atoms with Crippen LogP contribution in [-0.2, 0) is 11.2 Å². The van der Waals surface area contributed by atoms with Gasteiger partial charge in [0.05, 0.1) is 12.0 Å². The number of nitrogens with zero attached hydrogens (tertiary/aromatic N) is 1. The van der Waals surface area contributed by atoms with E-state index in [0.717, 1.165) is 25.7 Å². The molecule has 1 aromatic heterocycles. The molecule has 6 nitrogen and oxygen atoms in total. The molecule has 1 saturated carbocycles. The summed E-state index contributed by atoms with van der Waals surface area (Å²) in [5, 5.41) is 21.3. The molecule has 2 N–H and O–H groups in total. The Kier molecular flexibility index (Phi) is 4.46. The standard InChI is InChI=1S/C21H25NO5/c1-13-17(23)6-5-16-14(11-19(25)27-20(13)16)10-18(24)22-9-8-21(26)7-3-2-4-15(21)12-22/h5-6,11,15,23,26H,2-4,7-10,12H2,1H3/t15-,21-/m0/s1. The molecular formula is C21H25NO5. The van der Waals surface area contributed by atoms with Crippen molar-refractivity contribution >= 4 is 16.9 Å². The van der Waals surface area contributed by atoms with Gasteiger partial charge in [0.1, 0.15) is 11.3 Å². The lowest BCUT2D eigenvalue weighted by Gasteiger charge is -2.47. The smallest absolute Gasteiger partial charge is 0.336 e. The lowest BCUT2D eigenvalue weighted by atomic mass is 9.71.